The highest BCUT2D eigenvalue weighted by Crippen LogP contribution is 2.13. The number of rotatable bonds is 2. The first kappa shape index (κ1) is 9.91. The van der Waals surface area contributed by atoms with Crippen molar-refractivity contribution in [1.82, 2.24) is 0 Å². The van der Waals surface area contributed by atoms with Crippen LogP contribution in [0.2, 0.25) is 0 Å². The molecule has 0 aliphatic rings. The van der Waals surface area contributed by atoms with Gasteiger partial charge in [-0.3, -0.25) is 4.79 Å². The molecule has 0 amide bonds. The molecular formula is C6H10O2S2. The molecule has 0 rings (SSSR count). The number of thiocarbonyl (C=S) groups is 1. The van der Waals surface area contributed by atoms with Crippen molar-refractivity contribution < 1.29 is 9.53 Å². The number of esters is 1. The van der Waals surface area contributed by atoms with Crippen molar-refractivity contribution in [1.29, 1.82) is 0 Å². The maximum absolute atomic E-state index is 10.7. The van der Waals surface area contributed by atoms with E-state index in [-0.39, 0.29) is 11.2 Å². The number of hydrogen-bond acceptors (Lipinski definition) is 4. The van der Waals surface area contributed by atoms with Crippen molar-refractivity contribution in [2.45, 2.75) is 19.1 Å². The Balaban J connectivity index is 3.72. The molecule has 0 saturated heterocycles. The maximum Gasteiger partial charge on any atom is 0.318 e. The summed E-state index contributed by atoms with van der Waals surface area (Å²) in [5.41, 5.74) is 0. The van der Waals surface area contributed by atoms with E-state index >= 15 is 0 Å². The molecule has 0 radical (unpaired) electrons. The Hall–Kier alpha value is -0.0900. The molecule has 0 aromatic rings. The first-order valence-electron chi connectivity index (χ1n) is 2.83. The van der Waals surface area contributed by atoms with Gasteiger partial charge in [0.25, 0.3) is 0 Å². The number of hydrogen-bond donors (Lipinski definition) is 0. The smallest absolute Gasteiger partial charge is 0.318 e. The number of carbonyl (C=O) groups excluding carboxylic acids is 1. The van der Waals surface area contributed by atoms with E-state index in [1.807, 2.05) is 0 Å². The fourth-order valence-electron chi connectivity index (χ4n) is 0.463. The highest BCUT2D eigenvalue weighted by molar-refractivity contribution is 8.23. The predicted octanol–water partition coefficient (Wildman–Crippen LogP) is 1.63. The van der Waals surface area contributed by atoms with Gasteiger partial charge in [0, 0.05) is 4.20 Å². The normalized spacial score (nSPS) is 12.3. The third kappa shape index (κ3) is 3.85. The molecule has 0 aliphatic carbocycles. The van der Waals surface area contributed by atoms with Gasteiger partial charge < -0.3 is 4.74 Å². The lowest BCUT2D eigenvalue weighted by Crippen LogP contribution is -2.15. The van der Waals surface area contributed by atoms with Crippen LogP contribution in [-0.4, -0.2) is 22.5 Å². The average Bonchev–Trinajstić information content (AvgIpc) is 1.85. The van der Waals surface area contributed by atoms with Crippen LogP contribution in [0.3, 0.4) is 0 Å². The molecule has 2 nitrogen and oxygen atoms in total. The largest absolute Gasteiger partial charge is 0.468 e. The zero-order valence-corrected chi connectivity index (χ0v) is 7.84. The van der Waals surface area contributed by atoms with Crippen LogP contribution in [0, 0.1) is 0 Å². The van der Waals surface area contributed by atoms with Gasteiger partial charge in [0.05, 0.1) is 7.11 Å². The van der Waals surface area contributed by atoms with Crippen molar-refractivity contribution >= 4 is 34.1 Å². The predicted molar refractivity (Wildman–Crippen MR) is 47.3 cm³/mol. The first-order chi connectivity index (χ1) is 4.57. The SMILES string of the molecule is COC(=O)C(C)SC(C)=S. The van der Waals surface area contributed by atoms with Gasteiger partial charge in [-0.05, 0) is 13.8 Å². The van der Waals surface area contributed by atoms with E-state index in [2.05, 4.69) is 4.74 Å². The molecule has 4 heteroatoms. The van der Waals surface area contributed by atoms with E-state index in [0.29, 0.717) is 0 Å². The zero-order valence-electron chi connectivity index (χ0n) is 6.21. The second-order valence-electron chi connectivity index (χ2n) is 1.77. The Kier molecular flexibility index (Phi) is 4.64. The van der Waals surface area contributed by atoms with E-state index in [1.165, 1.54) is 18.9 Å². The van der Waals surface area contributed by atoms with E-state index < -0.39 is 0 Å². The number of carbonyl (C=O) groups is 1. The molecule has 1 unspecified atom stereocenters. The van der Waals surface area contributed by atoms with Crippen LogP contribution in [0.4, 0.5) is 0 Å². The third-order valence-corrected chi connectivity index (χ3v) is 2.04. The summed E-state index contributed by atoms with van der Waals surface area (Å²) in [6.45, 7) is 3.56. The van der Waals surface area contributed by atoms with Crippen molar-refractivity contribution in [3.63, 3.8) is 0 Å². The van der Waals surface area contributed by atoms with Crippen LogP contribution in [0.25, 0.3) is 0 Å². The van der Waals surface area contributed by atoms with Gasteiger partial charge in [-0.15, -0.1) is 11.8 Å². The molecule has 10 heavy (non-hydrogen) atoms. The zero-order chi connectivity index (χ0) is 8.15. The highest BCUT2D eigenvalue weighted by atomic mass is 32.2. The molecule has 0 aliphatic heterocycles. The third-order valence-electron chi connectivity index (χ3n) is 0.876. The number of methoxy groups -OCH3 is 1. The lowest BCUT2D eigenvalue weighted by molar-refractivity contribution is -0.139. The quantitative estimate of drug-likeness (QED) is 0.474. The van der Waals surface area contributed by atoms with Gasteiger partial charge in [-0.1, -0.05) is 12.2 Å². The van der Waals surface area contributed by atoms with Crippen LogP contribution in [0.15, 0.2) is 0 Å². The summed E-state index contributed by atoms with van der Waals surface area (Å²) in [4.78, 5) is 10.7. The van der Waals surface area contributed by atoms with Gasteiger partial charge in [0.15, 0.2) is 0 Å². The van der Waals surface area contributed by atoms with E-state index in [0.717, 1.165) is 4.20 Å². The van der Waals surface area contributed by atoms with Crippen LogP contribution < -0.4 is 0 Å². The number of ether oxygens (including phenoxy) is 1. The summed E-state index contributed by atoms with van der Waals surface area (Å²) in [6.07, 6.45) is 0. The maximum atomic E-state index is 10.7. The Morgan fingerprint density at radius 1 is 1.70 bits per heavy atom. The highest BCUT2D eigenvalue weighted by Gasteiger charge is 2.13. The molecule has 1 atom stereocenters. The van der Waals surface area contributed by atoms with Crippen LogP contribution in [-0.2, 0) is 9.53 Å². The van der Waals surface area contributed by atoms with Crippen LogP contribution in [0.5, 0.6) is 0 Å². The van der Waals surface area contributed by atoms with Crippen LogP contribution in [0.1, 0.15) is 13.8 Å². The molecular weight excluding hydrogens is 168 g/mol. The minimum atomic E-state index is -0.228. The topological polar surface area (TPSA) is 26.3 Å². The minimum Gasteiger partial charge on any atom is -0.468 e. The standard InChI is InChI=1S/C6H10O2S2/c1-4(6(7)8-3)10-5(2)9/h4H,1-3H3. The monoisotopic (exact) mass is 178 g/mol. The molecule has 0 bridgehead atoms. The molecule has 0 N–H and O–H groups in total. The number of thioether (sulfide) groups is 1. The van der Waals surface area contributed by atoms with E-state index in [9.17, 15) is 4.79 Å². The average molecular weight is 178 g/mol. The summed E-state index contributed by atoms with van der Waals surface area (Å²) in [7, 11) is 1.37. The Labute approximate surface area is 70.3 Å². The summed E-state index contributed by atoms with van der Waals surface area (Å²) < 4.78 is 5.26. The van der Waals surface area contributed by atoms with Gasteiger partial charge in [0.2, 0.25) is 0 Å². The van der Waals surface area contributed by atoms with Crippen LogP contribution >= 0.6 is 24.0 Å². The summed E-state index contributed by atoms with van der Waals surface area (Å²) in [5.74, 6) is -0.228. The van der Waals surface area contributed by atoms with Gasteiger partial charge in [0.1, 0.15) is 5.25 Å². The summed E-state index contributed by atoms with van der Waals surface area (Å²) in [5, 5.41) is -0.178. The molecule has 0 aromatic heterocycles. The minimum absolute atomic E-state index is 0.178. The summed E-state index contributed by atoms with van der Waals surface area (Å²) in [6, 6.07) is 0. The second-order valence-corrected chi connectivity index (χ2v) is 4.20. The first-order valence-corrected chi connectivity index (χ1v) is 4.11. The molecule has 58 valence electrons. The molecule has 0 fully saturated rings. The lowest BCUT2D eigenvalue weighted by Gasteiger charge is -2.05. The summed E-state index contributed by atoms with van der Waals surface area (Å²) >= 11 is 6.14. The van der Waals surface area contributed by atoms with E-state index in [4.69, 9.17) is 12.2 Å². The van der Waals surface area contributed by atoms with Gasteiger partial charge in [-0.25, -0.2) is 0 Å². The Bertz CT molecular complexity index is 145. The van der Waals surface area contributed by atoms with Crippen molar-refractivity contribution in [3.05, 3.63) is 0 Å². The Morgan fingerprint density at radius 3 is 2.50 bits per heavy atom. The van der Waals surface area contributed by atoms with E-state index in [1.54, 1.807) is 13.8 Å². The van der Waals surface area contributed by atoms with Gasteiger partial charge >= 0.3 is 5.97 Å². The fourth-order valence-corrected chi connectivity index (χ4v) is 1.59. The molecule has 0 saturated carbocycles. The fraction of sp³-hybridized carbons (Fsp3) is 0.667. The molecule has 0 aromatic carbocycles. The Morgan fingerprint density at radius 2 is 2.20 bits per heavy atom. The molecule has 0 heterocycles. The molecule has 0 spiro atoms. The van der Waals surface area contributed by atoms with Gasteiger partial charge in [-0.2, -0.15) is 0 Å². The van der Waals surface area contributed by atoms with Crippen molar-refractivity contribution in [2.75, 3.05) is 7.11 Å². The lowest BCUT2D eigenvalue weighted by atomic mass is 10.5. The van der Waals surface area contributed by atoms with Crippen molar-refractivity contribution in [2.24, 2.45) is 0 Å². The second kappa shape index (κ2) is 4.68. The van der Waals surface area contributed by atoms with Crippen molar-refractivity contribution in [3.8, 4) is 0 Å².